The number of amides is 2. The average molecular weight is 366 g/mol. The summed E-state index contributed by atoms with van der Waals surface area (Å²) in [5.41, 5.74) is 3.15. The van der Waals surface area contributed by atoms with Crippen molar-refractivity contribution in [2.24, 2.45) is 5.92 Å². The molecule has 0 bridgehead atoms. The first-order chi connectivity index (χ1) is 12.9. The van der Waals surface area contributed by atoms with Gasteiger partial charge in [-0.3, -0.25) is 0 Å². The van der Waals surface area contributed by atoms with Crippen LogP contribution >= 0.6 is 0 Å². The Morgan fingerprint density at radius 2 is 1.67 bits per heavy atom. The van der Waals surface area contributed by atoms with Crippen LogP contribution < -0.4 is 15.5 Å². The number of benzene rings is 2. The molecule has 2 aromatic rings. The van der Waals surface area contributed by atoms with Crippen molar-refractivity contribution in [3.63, 3.8) is 0 Å². The maximum atomic E-state index is 12.3. The third-order valence-corrected chi connectivity index (χ3v) is 5.52. The Kier molecular flexibility index (Phi) is 6.04. The van der Waals surface area contributed by atoms with Crippen molar-refractivity contribution in [1.82, 2.24) is 5.32 Å². The van der Waals surface area contributed by atoms with Gasteiger partial charge >= 0.3 is 6.03 Å². The summed E-state index contributed by atoms with van der Waals surface area (Å²) >= 11 is 0. The van der Waals surface area contributed by atoms with E-state index in [0.29, 0.717) is 6.54 Å². The van der Waals surface area contributed by atoms with Crippen molar-refractivity contribution in [2.75, 3.05) is 29.9 Å². The Morgan fingerprint density at radius 1 is 1.04 bits per heavy atom. The highest BCUT2D eigenvalue weighted by Crippen LogP contribution is 2.24. The Labute approximate surface area is 163 Å². The molecule has 2 amide bonds. The number of urea groups is 1. The molecular weight excluding hydrogens is 334 g/mol. The molecule has 2 N–H and O–H groups in total. The summed E-state index contributed by atoms with van der Waals surface area (Å²) in [6.45, 7) is 9.40. The molecule has 0 saturated carbocycles. The van der Waals surface area contributed by atoms with Gasteiger partial charge in [-0.1, -0.05) is 51.1 Å². The van der Waals surface area contributed by atoms with Crippen LogP contribution in [0.15, 0.2) is 54.6 Å². The highest BCUT2D eigenvalue weighted by atomic mass is 16.2. The summed E-state index contributed by atoms with van der Waals surface area (Å²) in [6.07, 6.45) is 2.50. The second-order valence-electron chi connectivity index (χ2n) is 8.27. The molecule has 0 atom stereocenters. The van der Waals surface area contributed by atoms with Crippen LogP contribution in [0.2, 0.25) is 0 Å². The molecule has 0 radical (unpaired) electrons. The van der Waals surface area contributed by atoms with Crippen LogP contribution in [-0.2, 0) is 5.41 Å². The molecule has 1 aliphatic heterocycles. The molecule has 0 aliphatic carbocycles. The van der Waals surface area contributed by atoms with Gasteiger partial charge in [0.05, 0.1) is 0 Å². The second kappa shape index (κ2) is 8.47. The fraction of sp³-hybridized carbons (Fsp3) is 0.435. The average Bonchev–Trinajstić information content (AvgIpc) is 2.68. The van der Waals surface area contributed by atoms with E-state index in [1.807, 2.05) is 30.3 Å². The van der Waals surface area contributed by atoms with Crippen LogP contribution in [0.1, 0.15) is 39.2 Å². The van der Waals surface area contributed by atoms with E-state index in [1.54, 1.807) is 0 Å². The smallest absolute Gasteiger partial charge is 0.319 e. The van der Waals surface area contributed by atoms with Crippen molar-refractivity contribution in [3.8, 4) is 0 Å². The first-order valence-corrected chi connectivity index (χ1v) is 9.89. The van der Waals surface area contributed by atoms with E-state index in [4.69, 9.17) is 0 Å². The minimum Gasteiger partial charge on any atom is -0.372 e. The van der Waals surface area contributed by atoms with Crippen molar-refractivity contribution < 1.29 is 4.79 Å². The predicted octanol–water partition coefficient (Wildman–Crippen LogP) is 5.02. The first-order valence-electron chi connectivity index (χ1n) is 9.89. The minimum atomic E-state index is -0.168. The highest BCUT2D eigenvalue weighted by Gasteiger charge is 2.21. The van der Waals surface area contributed by atoms with Gasteiger partial charge < -0.3 is 15.5 Å². The van der Waals surface area contributed by atoms with Gasteiger partial charge in [0, 0.05) is 36.4 Å². The molecule has 4 heteroatoms. The lowest BCUT2D eigenvalue weighted by Gasteiger charge is -2.32. The third-order valence-electron chi connectivity index (χ3n) is 5.52. The molecule has 0 aromatic heterocycles. The van der Waals surface area contributed by atoms with Crippen LogP contribution in [0.25, 0.3) is 0 Å². The summed E-state index contributed by atoms with van der Waals surface area (Å²) in [6, 6.07) is 18.2. The van der Waals surface area contributed by atoms with Crippen LogP contribution in [-0.4, -0.2) is 25.7 Å². The van der Waals surface area contributed by atoms with E-state index in [0.717, 1.165) is 24.7 Å². The molecule has 0 spiro atoms. The molecule has 0 unspecified atom stereocenters. The van der Waals surface area contributed by atoms with Gasteiger partial charge in [0.15, 0.2) is 0 Å². The number of nitrogens with zero attached hydrogens (tertiary/aromatic N) is 1. The van der Waals surface area contributed by atoms with E-state index in [1.165, 1.54) is 24.1 Å². The van der Waals surface area contributed by atoms with E-state index < -0.39 is 0 Å². The third kappa shape index (κ3) is 5.25. The summed E-state index contributed by atoms with van der Waals surface area (Å²) in [4.78, 5) is 14.7. The number of hydrogen-bond acceptors (Lipinski definition) is 2. The van der Waals surface area contributed by atoms with Crippen molar-refractivity contribution in [3.05, 3.63) is 60.2 Å². The topological polar surface area (TPSA) is 44.4 Å². The van der Waals surface area contributed by atoms with Crippen LogP contribution in [0.4, 0.5) is 16.2 Å². The second-order valence-corrected chi connectivity index (χ2v) is 8.27. The van der Waals surface area contributed by atoms with Gasteiger partial charge in [0.25, 0.3) is 0 Å². The summed E-state index contributed by atoms with van der Waals surface area (Å²) in [5.74, 6) is 0.825. The number of carbonyl (C=O) groups is 1. The lowest BCUT2D eigenvalue weighted by atomic mass is 9.85. The largest absolute Gasteiger partial charge is 0.372 e. The molecule has 3 rings (SSSR count). The van der Waals surface area contributed by atoms with Gasteiger partial charge in [-0.25, -0.2) is 4.79 Å². The molecule has 1 fully saturated rings. The zero-order chi connectivity index (χ0) is 19.3. The zero-order valence-corrected chi connectivity index (χ0v) is 16.7. The zero-order valence-electron chi connectivity index (χ0n) is 16.7. The van der Waals surface area contributed by atoms with E-state index in [2.05, 4.69) is 60.6 Å². The number of anilines is 2. The molecular formula is C23H31N3O. The summed E-state index contributed by atoms with van der Waals surface area (Å²) in [7, 11) is 0. The van der Waals surface area contributed by atoms with Gasteiger partial charge in [0.2, 0.25) is 0 Å². The number of carbonyl (C=O) groups excluding carboxylic acids is 1. The van der Waals surface area contributed by atoms with Crippen molar-refractivity contribution in [2.45, 2.75) is 39.0 Å². The molecule has 144 valence electrons. The Hall–Kier alpha value is -2.49. The van der Waals surface area contributed by atoms with Crippen LogP contribution in [0, 0.1) is 5.92 Å². The maximum Gasteiger partial charge on any atom is 0.319 e. The standard InChI is InChI=1S/C23H31N3O/c1-18-13-15-26(16-14-18)21-11-9-20(10-12-21)25-22(27)24-17-23(2,3)19-7-5-4-6-8-19/h4-12,18H,13-17H2,1-3H3,(H2,24,25,27). The molecule has 1 heterocycles. The van der Waals surface area contributed by atoms with Gasteiger partial charge in [-0.15, -0.1) is 0 Å². The molecule has 2 aromatic carbocycles. The Balaban J connectivity index is 1.51. The lowest BCUT2D eigenvalue weighted by molar-refractivity contribution is 0.249. The highest BCUT2D eigenvalue weighted by molar-refractivity contribution is 5.89. The van der Waals surface area contributed by atoms with Gasteiger partial charge in [-0.05, 0) is 48.6 Å². The molecule has 1 saturated heterocycles. The van der Waals surface area contributed by atoms with Crippen molar-refractivity contribution in [1.29, 1.82) is 0 Å². The van der Waals surface area contributed by atoms with E-state index >= 15 is 0 Å². The van der Waals surface area contributed by atoms with Crippen LogP contribution in [0.3, 0.4) is 0 Å². The van der Waals surface area contributed by atoms with Gasteiger partial charge in [-0.2, -0.15) is 0 Å². The first kappa shape index (κ1) is 19.3. The number of piperidine rings is 1. The normalized spacial score (nSPS) is 15.4. The number of hydrogen-bond donors (Lipinski definition) is 2. The van der Waals surface area contributed by atoms with E-state index in [-0.39, 0.29) is 11.4 Å². The summed E-state index contributed by atoms with van der Waals surface area (Å²) in [5, 5.41) is 5.93. The quantitative estimate of drug-likeness (QED) is 0.781. The number of nitrogens with one attached hydrogen (secondary N) is 2. The predicted molar refractivity (Wildman–Crippen MR) is 114 cm³/mol. The maximum absolute atomic E-state index is 12.3. The molecule has 27 heavy (non-hydrogen) atoms. The fourth-order valence-electron chi connectivity index (χ4n) is 3.49. The number of rotatable bonds is 5. The lowest BCUT2D eigenvalue weighted by Crippen LogP contribution is -2.39. The minimum absolute atomic E-state index is 0.117. The molecule has 4 nitrogen and oxygen atoms in total. The van der Waals surface area contributed by atoms with E-state index in [9.17, 15) is 4.79 Å². The Bertz CT molecular complexity index is 732. The van der Waals surface area contributed by atoms with Gasteiger partial charge in [0.1, 0.15) is 0 Å². The fourth-order valence-corrected chi connectivity index (χ4v) is 3.49. The Morgan fingerprint density at radius 3 is 2.30 bits per heavy atom. The summed E-state index contributed by atoms with van der Waals surface area (Å²) < 4.78 is 0. The molecule has 1 aliphatic rings. The van der Waals surface area contributed by atoms with Crippen LogP contribution in [0.5, 0.6) is 0 Å². The monoisotopic (exact) mass is 365 g/mol. The van der Waals surface area contributed by atoms with Crippen molar-refractivity contribution >= 4 is 17.4 Å². The SMILES string of the molecule is CC1CCN(c2ccc(NC(=O)NCC(C)(C)c3ccccc3)cc2)CC1.